The molecule has 2 aliphatic carbocycles. The second-order valence-electron chi connectivity index (χ2n) is 13.2. The quantitative estimate of drug-likeness (QED) is 0.148. The molecular weight excluding hydrogens is 553 g/mol. The molecule has 0 radical (unpaired) electrons. The Morgan fingerprint density at radius 3 is 2.00 bits per heavy atom. The van der Waals surface area contributed by atoms with E-state index in [0.29, 0.717) is 23.5 Å². The van der Waals surface area contributed by atoms with Crippen molar-refractivity contribution in [3.8, 4) is 28.0 Å². The fourth-order valence-electron chi connectivity index (χ4n) is 7.67. The van der Waals surface area contributed by atoms with Crippen molar-refractivity contribution >= 4 is 0 Å². The van der Waals surface area contributed by atoms with Crippen molar-refractivity contribution in [1.29, 1.82) is 0 Å². The Labute approximate surface area is 262 Å². The van der Waals surface area contributed by atoms with E-state index in [4.69, 9.17) is 4.74 Å². The molecule has 0 N–H and O–H groups in total. The van der Waals surface area contributed by atoms with Gasteiger partial charge in [-0.1, -0.05) is 94.0 Å². The second kappa shape index (κ2) is 15.8. The molecule has 0 atom stereocenters. The van der Waals surface area contributed by atoms with Crippen LogP contribution < -0.4 is 4.74 Å². The molecule has 2 aliphatic rings. The maximum Gasteiger partial charge on any atom is 0.201 e. The largest absolute Gasteiger partial charge is 0.490 e. The molecule has 0 amide bonds. The molecule has 236 valence electrons. The lowest BCUT2D eigenvalue weighted by atomic mass is 9.68. The van der Waals surface area contributed by atoms with Crippen molar-refractivity contribution in [2.75, 3.05) is 6.61 Å². The minimum atomic E-state index is -0.993. The Bertz CT molecular complexity index is 1360. The summed E-state index contributed by atoms with van der Waals surface area (Å²) >= 11 is 0. The first-order chi connectivity index (χ1) is 21.5. The number of hydrogen-bond acceptors (Lipinski definition) is 1. The highest BCUT2D eigenvalue weighted by Crippen LogP contribution is 2.45. The van der Waals surface area contributed by atoms with Gasteiger partial charge >= 0.3 is 0 Å². The predicted octanol–water partition coefficient (Wildman–Crippen LogP) is 12.4. The van der Waals surface area contributed by atoms with Crippen LogP contribution in [0.4, 0.5) is 13.2 Å². The average molecular weight is 603 g/mol. The van der Waals surface area contributed by atoms with E-state index < -0.39 is 11.6 Å². The molecule has 0 aromatic heterocycles. The zero-order valence-electron chi connectivity index (χ0n) is 26.6. The summed E-state index contributed by atoms with van der Waals surface area (Å²) in [6.45, 7) is 4.46. The number of rotatable bonds is 12. The van der Waals surface area contributed by atoms with Crippen molar-refractivity contribution in [2.45, 2.75) is 103 Å². The van der Waals surface area contributed by atoms with Crippen LogP contribution in [0, 0.1) is 35.2 Å². The van der Waals surface area contributed by atoms with Crippen molar-refractivity contribution in [3.05, 3.63) is 89.8 Å². The first-order valence-electron chi connectivity index (χ1n) is 17.1. The van der Waals surface area contributed by atoms with Crippen LogP contribution in [-0.2, 0) is 0 Å². The highest BCUT2D eigenvalue weighted by atomic mass is 19.2. The Balaban J connectivity index is 1.16. The highest BCUT2D eigenvalue weighted by Gasteiger charge is 2.31. The van der Waals surface area contributed by atoms with E-state index in [9.17, 15) is 8.78 Å². The Morgan fingerprint density at radius 1 is 0.727 bits per heavy atom. The summed E-state index contributed by atoms with van der Waals surface area (Å²) < 4.78 is 50.4. The van der Waals surface area contributed by atoms with Gasteiger partial charge < -0.3 is 4.74 Å². The lowest BCUT2D eigenvalue weighted by molar-refractivity contribution is 0.155. The van der Waals surface area contributed by atoms with Crippen LogP contribution in [-0.4, -0.2) is 6.61 Å². The van der Waals surface area contributed by atoms with E-state index in [1.807, 2.05) is 25.1 Å². The average Bonchev–Trinajstić information content (AvgIpc) is 3.06. The maximum absolute atomic E-state index is 15.4. The molecule has 0 unspecified atom stereocenters. The Morgan fingerprint density at radius 2 is 1.36 bits per heavy atom. The molecule has 0 bridgehead atoms. The van der Waals surface area contributed by atoms with Crippen LogP contribution in [0.1, 0.15) is 109 Å². The van der Waals surface area contributed by atoms with Crippen LogP contribution in [0.25, 0.3) is 22.3 Å². The molecule has 0 aliphatic heterocycles. The number of hydrogen-bond donors (Lipinski definition) is 0. The first-order valence-corrected chi connectivity index (χ1v) is 17.1. The molecule has 1 nitrogen and oxygen atoms in total. The monoisotopic (exact) mass is 602 g/mol. The third kappa shape index (κ3) is 7.98. The van der Waals surface area contributed by atoms with Gasteiger partial charge in [-0.05, 0) is 110 Å². The van der Waals surface area contributed by atoms with Crippen LogP contribution in [0.5, 0.6) is 5.75 Å². The molecule has 3 aromatic rings. The summed E-state index contributed by atoms with van der Waals surface area (Å²) in [6.07, 6.45) is 20.4. The molecule has 4 heteroatoms. The van der Waals surface area contributed by atoms with E-state index in [2.05, 4.69) is 13.0 Å². The van der Waals surface area contributed by atoms with E-state index >= 15 is 4.39 Å². The molecule has 5 rings (SSSR count). The predicted molar refractivity (Wildman–Crippen MR) is 176 cm³/mol. The molecule has 0 saturated heterocycles. The number of ether oxygens (including phenoxy) is 1. The smallest absolute Gasteiger partial charge is 0.201 e. The standard InChI is InChI=1S/C40H49F3O/c1-3-5-7-9-28-10-12-29(13-11-28)30-14-16-31(17-15-30)34-22-23-35(37(41)27-34)32-18-20-33(21-19-32)36-24-25-38(40(43)39(36)42)44-26-8-6-4-2/h4,6,18-25,27-31H,3,5,7-17,26H2,1-2H3/b6-4-. The third-order valence-corrected chi connectivity index (χ3v) is 10.3. The lowest BCUT2D eigenvalue weighted by Gasteiger charge is -2.38. The number of benzene rings is 3. The van der Waals surface area contributed by atoms with Crippen LogP contribution in [0.15, 0.2) is 66.7 Å². The summed E-state index contributed by atoms with van der Waals surface area (Å²) in [5, 5.41) is 0. The van der Waals surface area contributed by atoms with Gasteiger partial charge in [-0.3, -0.25) is 0 Å². The molecule has 0 heterocycles. The minimum Gasteiger partial charge on any atom is -0.490 e. The van der Waals surface area contributed by atoms with Gasteiger partial charge in [-0.15, -0.1) is 0 Å². The van der Waals surface area contributed by atoms with E-state index in [0.717, 1.165) is 41.7 Å². The van der Waals surface area contributed by atoms with Crippen LogP contribution >= 0.6 is 0 Å². The van der Waals surface area contributed by atoms with E-state index in [1.54, 1.807) is 30.3 Å². The number of unbranched alkanes of at least 4 members (excludes halogenated alkanes) is 2. The van der Waals surface area contributed by atoms with Crippen molar-refractivity contribution in [3.63, 3.8) is 0 Å². The third-order valence-electron chi connectivity index (χ3n) is 10.3. The summed E-state index contributed by atoms with van der Waals surface area (Å²) in [5.41, 5.74) is 3.04. The number of allylic oxidation sites excluding steroid dienone is 1. The summed E-state index contributed by atoms with van der Waals surface area (Å²) in [5.74, 6) is 0.866. The topological polar surface area (TPSA) is 9.23 Å². The van der Waals surface area contributed by atoms with Gasteiger partial charge in [0.2, 0.25) is 5.82 Å². The zero-order valence-corrected chi connectivity index (χ0v) is 26.6. The number of halogens is 3. The fraction of sp³-hybridized carbons (Fsp3) is 0.500. The van der Waals surface area contributed by atoms with E-state index in [1.165, 1.54) is 76.3 Å². The maximum atomic E-state index is 15.4. The molecule has 44 heavy (non-hydrogen) atoms. The van der Waals surface area contributed by atoms with Gasteiger partial charge in [0, 0.05) is 11.1 Å². The minimum absolute atomic E-state index is 0.0942. The fourth-order valence-corrected chi connectivity index (χ4v) is 7.67. The van der Waals surface area contributed by atoms with Gasteiger partial charge in [0.15, 0.2) is 11.6 Å². The van der Waals surface area contributed by atoms with Crippen LogP contribution in [0.3, 0.4) is 0 Å². The molecule has 2 saturated carbocycles. The normalized spacial score (nSPS) is 22.4. The molecular formula is C40H49F3O. The van der Waals surface area contributed by atoms with Crippen molar-refractivity contribution in [1.82, 2.24) is 0 Å². The first kappa shape index (κ1) is 32.4. The SMILES string of the molecule is C/C=C\CCOc1ccc(-c2ccc(-c3ccc(C4CCC(C5CCC(CCCCC)CC5)CC4)cc3F)cc2)c(F)c1F. The molecule has 0 spiro atoms. The Kier molecular flexibility index (Phi) is 11.6. The zero-order chi connectivity index (χ0) is 30.9. The van der Waals surface area contributed by atoms with Gasteiger partial charge in [-0.2, -0.15) is 4.39 Å². The highest BCUT2D eigenvalue weighted by molar-refractivity contribution is 5.71. The Hall–Kier alpha value is -3.01. The molecule has 2 fully saturated rings. The van der Waals surface area contributed by atoms with Crippen molar-refractivity contribution in [2.24, 2.45) is 17.8 Å². The van der Waals surface area contributed by atoms with Crippen molar-refractivity contribution < 1.29 is 17.9 Å². The summed E-state index contributed by atoms with van der Waals surface area (Å²) in [7, 11) is 0. The van der Waals surface area contributed by atoms with Gasteiger partial charge in [0.1, 0.15) is 5.82 Å². The summed E-state index contributed by atoms with van der Waals surface area (Å²) in [6, 6.07) is 15.7. The van der Waals surface area contributed by atoms with Gasteiger partial charge in [0.25, 0.3) is 0 Å². The van der Waals surface area contributed by atoms with Crippen LogP contribution in [0.2, 0.25) is 0 Å². The lowest BCUT2D eigenvalue weighted by Crippen LogP contribution is -2.25. The summed E-state index contributed by atoms with van der Waals surface area (Å²) in [4.78, 5) is 0. The van der Waals surface area contributed by atoms with E-state index in [-0.39, 0.29) is 23.7 Å². The molecule has 3 aromatic carbocycles. The second-order valence-corrected chi connectivity index (χ2v) is 13.2. The van der Waals surface area contributed by atoms with Gasteiger partial charge in [0.05, 0.1) is 6.61 Å². The van der Waals surface area contributed by atoms with Gasteiger partial charge in [-0.25, -0.2) is 8.78 Å².